The molecule has 1 aliphatic heterocycles. The molecular weight excluding hydrogens is 389 g/mol. The highest BCUT2D eigenvalue weighted by molar-refractivity contribution is 5.90. The average Bonchev–Trinajstić information content (AvgIpc) is 2.66. The molecule has 1 fully saturated rings. The fourth-order valence-electron chi connectivity index (χ4n) is 3.28. The molecule has 0 saturated carbocycles. The summed E-state index contributed by atoms with van der Waals surface area (Å²) in [7, 11) is 1.21. The highest BCUT2D eigenvalue weighted by atomic mass is 19.4. The van der Waals surface area contributed by atoms with Crippen molar-refractivity contribution in [1.29, 1.82) is 0 Å². The van der Waals surface area contributed by atoms with Crippen molar-refractivity contribution in [3.63, 3.8) is 0 Å². The zero-order valence-corrected chi connectivity index (χ0v) is 15.7. The van der Waals surface area contributed by atoms with E-state index in [9.17, 15) is 22.8 Å². The zero-order valence-electron chi connectivity index (χ0n) is 15.7. The topological polar surface area (TPSA) is 106 Å². The van der Waals surface area contributed by atoms with E-state index in [0.29, 0.717) is 49.8 Å². The molecule has 3 rings (SSSR count). The van der Waals surface area contributed by atoms with E-state index in [1.165, 1.54) is 13.2 Å². The first-order chi connectivity index (χ1) is 13.6. The predicted octanol–water partition coefficient (Wildman–Crippen LogP) is 2.02. The third-order valence-electron chi connectivity index (χ3n) is 4.86. The first kappa shape index (κ1) is 20.6. The number of anilines is 3. The molecule has 0 spiro atoms. The summed E-state index contributed by atoms with van der Waals surface area (Å²) in [6, 6.07) is 0.669. The van der Waals surface area contributed by atoms with E-state index in [2.05, 4.69) is 15.3 Å². The molecule has 3 heterocycles. The van der Waals surface area contributed by atoms with Crippen LogP contribution >= 0.6 is 0 Å². The Kier molecular flexibility index (Phi) is 5.76. The number of piperidine rings is 1. The lowest BCUT2D eigenvalue weighted by molar-refractivity contribution is -0.138. The smallest absolute Gasteiger partial charge is 0.382 e. The molecule has 1 saturated heterocycles. The predicted molar refractivity (Wildman–Crippen MR) is 101 cm³/mol. The maximum atomic E-state index is 12.9. The summed E-state index contributed by atoms with van der Waals surface area (Å²) in [6.45, 7) is 1.34. The number of carbonyl (C=O) groups is 1. The number of aryl methyl sites for hydroxylation is 1. The molecule has 1 amide bonds. The number of nitrogens with two attached hydrogens (primary N) is 1. The summed E-state index contributed by atoms with van der Waals surface area (Å²) in [5.41, 5.74) is 3.47. The summed E-state index contributed by atoms with van der Waals surface area (Å²) in [5, 5.41) is 2.34. The number of nitrogens with one attached hydrogen (secondary N) is 1. The number of carbonyl (C=O) groups excluding carboxylic acids is 1. The van der Waals surface area contributed by atoms with Gasteiger partial charge >= 0.3 is 6.18 Å². The first-order valence-corrected chi connectivity index (χ1v) is 9.03. The van der Waals surface area contributed by atoms with Gasteiger partial charge in [-0.1, -0.05) is 0 Å². The molecule has 0 atom stereocenters. The van der Waals surface area contributed by atoms with Crippen LogP contribution < -0.4 is 21.5 Å². The molecule has 8 nitrogen and oxygen atoms in total. The molecular formula is C18H21F3N6O2. The van der Waals surface area contributed by atoms with E-state index in [1.54, 1.807) is 6.20 Å². The Labute approximate surface area is 164 Å². The van der Waals surface area contributed by atoms with Crippen molar-refractivity contribution in [2.24, 2.45) is 13.0 Å². The quantitative estimate of drug-likeness (QED) is 0.799. The van der Waals surface area contributed by atoms with Crippen molar-refractivity contribution in [3.05, 3.63) is 40.6 Å². The van der Waals surface area contributed by atoms with Crippen molar-refractivity contribution >= 4 is 23.2 Å². The number of aromatic nitrogens is 3. The summed E-state index contributed by atoms with van der Waals surface area (Å²) in [6.07, 6.45) is 0.702. The van der Waals surface area contributed by atoms with Crippen molar-refractivity contribution < 1.29 is 18.0 Å². The molecule has 1 aliphatic rings. The number of halogens is 3. The number of nitrogens with zero attached hydrogens (tertiary/aromatic N) is 4. The van der Waals surface area contributed by atoms with Crippen molar-refractivity contribution in [2.45, 2.75) is 25.4 Å². The van der Waals surface area contributed by atoms with Crippen LogP contribution in [-0.4, -0.2) is 33.5 Å². The molecule has 2 aromatic heterocycles. The second kappa shape index (κ2) is 8.10. The minimum atomic E-state index is -4.61. The van der Waals surface area contributed by atoms with Crippen molar-refractivity contribution in [1.82, 2.24) is 14.5 Å². The Morgan fingerprint density at radius 2 is 1.97 bits per heavy atom. The van der Waals surface area contributed by atoms with Crippen LogP contribution in [0.2, 0.25) is 0 Å². The molecule has 2 aromatic rings. The Morgan fingerprint density at radius 3 is 2.55 bits per heavy atom. The van der Waals surface area contributed by atoms with Gasteiger partial charge < -0.3 is 20.5 Å². The van der Waals surface area contributed by atoms with E-state index >= 15 is 0 Å². The van der Waals surface area contributed by atoms with Gasteiger partial charge in [0.25, 0.3) is 5.56 Å². The van der Waals surface area contributed by atoms with Gasteiger partial charge in [0.2, 0.25) is 5.91 Å². The fourth-order valence-corrected chi connectivity index (χ4v) is 3.28. The molecule has 3 N–H and O–H groups in total. The Morgan fingerprint density at radius 1 is 1.28 bits per heavy atom. The van der Waals surface area contributed by atoms with Gasteiger partial charge in [0.15, 0.2) is 0 Å². The molecule has 0 aromatic carbocycles. The van der Waals surface area contributed by atoms with E-state index < -0.39 is 23.2 Å². The molecule has 29 heavy (non-hydrogen) atoms. The standard InChI is InChI=1S/C18H21F3N6O2/c1-26-10-12(18(19,20)21)7-13(17(26)29)25-16(28)6-11-2-4-27(5-3-11)15-9-23-14(22)8-24-15/h7-11H,2-6H2,1H3,(H2,22,23)(H,25,28). The Bertz CT molecular complexity index is 934. The molecule has 0 aliphatic carbocycles. The monoisotopic (exact) mass is 410 g/mol. The second-order valence-electron chi connectivity index (χ2n) is 7.04. The molecule has 11 heteroatoms. The molecule has 0 radical (unpaired) electrons. The van der Waals surface area contributed by atoms with E-state index in [0.717, 1.165) is 4.57 Å². The zero-order chi connectivity index (χ0) is 21.2. The summed E-state index contributed by atoms with van der Waals surface area (Å²) < 4.78 is 39.6. The van der Waals surface area contributed by atoms with Crippen LogP contribution in [0.25, 0.3) is 0 Å². The van der Waals surface area contributed by atoms with Crippen LogP contribution in [0.3, 0.4) is 0 Å². The van der Waals surface area contributed by atoms with Gasteiger partial charge in [-0.15, -0.1) is 0 Å². The lowest BCUT2D eigenvalue weighted by atomic mass is 9.93. The van der Waals surface area contributed by atoms with E-state index in [1.807, 2.05) is 4.90 Å². The minimum Gasteiger partial charge on any atom is -0.382 e. The van der Waals surface area contributed by atoms with E-state index in [-0.39, 0.29) is 18.0 Å². The van der Waals surface area contributed by atoms with Gasteiger partial charge in [-0.05, 0) is 24.8 Å². The number of hydrogen-bond acceptors (Lipinski definition) is 6. The van der Waals surface area contributed by atoms with Crippen LogP contribution in [0.15, 0.2) is 29.5 Å². The van der Waals surface area contributed by atoms with Crippen LogP contribution in [0.5, 0.6) is 0 Å². The maximum absolute atomic E-state index is 12.9. The molecule has 0 unspecified atom stereocenters. The first-order valence-electron chi connectivity index (χ1n) is 9.03. The van der Waals surface area contributed by atoms with Gasteiger partial charge in [-0.25, -0.2) is 9.97 Å². The largest absolute Gasteiger partial charge is 0.417 e. The Balaban J connectivity index is 1.59. The SMILES string of the molecule is Cn1cc(C(F)(F)F)cc(NC(=O)CC2CCN(c3cnc(N)cn3)CC2)c1=O. The van der Waals surface area contributed by atoms with Crippen LogP contribution in [0.4, 0.5) is 30.5 Å². The van der Waals surface area contributed by atoms with E-state index in [4.69, 9.17) is 5.73 Å². The third-order valence-corrected chi connectivity index (χ3v) is 4.86. The number of amides is 1. The number of hydrogen-bond donors (Lipinski definition) is 2. The van der Waals surface area contributed by atoms with Gasteiger partial charge in [0.05, 0.1) is 18.0 Å². The molecule has 156 valence electrons. The van der Waals surface area contributed by atoms with Gasteiger partial charge in [-0.2, -0.15) is 13.2 Å². The lowest BCUT2D eigenvalue weighted by Crippen LogP contribution is -2.35. The number of nitrogen functional groups attached to an aromatic ring is 1. The summed E-state index contributed by atoms with van der Waals surface area (Å²) in [5.74, 6) is 0.616. The number of pyridine rings is 1. The second-order valence-corrected chi connectivity index (χ2v) is 7.04. The highest BCUT2D eigenvalue weighted by Crippen LogP contribution is 2.30. The third kappa shape index (κ3) is 5.04. The number of alkyl halides is 3. The summed E-state index contributed by atoms with van der Waals surface area (Å²) >= 11 is 0. The average molecular weight is 410 g/mol. The Hall–Kier alpha value is -3.11. The normalized spacial score (nSPS) is 15.4. The fraction of sp³-hybridized carbons (Fsp3) is 0.444. The van der Waals surface area contributed by atoms with Gasteiger partial charge in [0, 0.05) is 32.8 Å². The molecule has 0 bridgehead atoms. The van der Waals surface area contributed by atoms with Gasteiger partial charge in [0.1, 0.15) is 17.3 Å². The lowest BCUT2D eigenvalue weighted by Gasteiger charge is -2.32. The summed E-state index contributed by atoms with van der Waals surface area (Å²) in [4.78, 5) is 34.6. The van der Waals surface area contributed by atoms with Crippen LogP contribution in [-0.2, 0) is 18.0 Å². The van der Waals surface area contributed by atoms with Crippen LogP contribution in [0, 0.1) is 5.92 Å². The van der Waals surface area contributed by atoms with Gasteiger partial charge in [-0.3, -0.25) is 9.59 Å². The number of rotatable bonds is 4. The highest BCUT2D eigenvalue weighted by Gasteiger charge is 2.32. The van der Waals surface area contributed by atoms with Crippen LogP contribution in [0.1, 0.15) is 24.8 Å². The van der Waals surface area contributed by atoms with Crippen molar-refractivity contribution in [3.8, 4) is 0 Å². The van der Waals surface area contributed by atoms with Crippen molar-refractivity contribution in [2.75, 3.05) is 29.0 Å². The minimum absolute atomic E-state index is 0.0580. The maximum Gasteiger partial charge on any atom is 0.417 e.